The van der Waals surface area contributed by atoms with Crippen LogP contribution in [-0.2, 0) is 0 Å². The summed E-state index contributed by atoms with van der Waals surface area (Å²) in [6, 6.07) is 0. The molecular formula is C14H20N4S2. The highest BCUT2D eigenvalue weighted by Crippen LogP contribution is 2.41. The van der Waals surface area contributed by atoms with Crippen molar-refractivity contribution in [3.05, 3.63) is 10.4 Å². The average Bonchev–Trinajstić information content (AvgIpc) is 3.10. The van der Waals surface area contributed by atoms with Crippen LogP contribution in [0.5, 0.6) is 0 Å². The van der Waals surface area contributed by atoms with Gasteiger partial charge in [0.05, 0.1) is 16.3 Å². The Bertz CT molecular complexity index is 590. The molecule has 0 saturated carbocycles. The zero-order valence-electron chi connectivity index (χ0n) is 11.9. The Hall–Kier alpha value is -1.14. The summed E-state index contributed by atoms with van der Waals surface area (Å²) in [5.41, 5.74) is 8.10. The molecule has 4 nitrogen and oxygen atoms in total. The summed E-state index contributed by atoms with van der Waals surface area (Å²) in [7, 11) is 0. The summed E-state index contributed by atoms with van der Waals surface area (Å²) in [6.07, 6.45) is 3.86. The predicted molar refractivity (Wildman–Crippen MR) is 87.6 cm³/mol. The predicted octanol–water partition coefficient (Wildman–Crippen LogP) is 3.78. The number of nitrogens with zero attached hydrogens (tertiary/aromatic N) is 3. The number of anilines is 2. The SMILES string of the molecule is CCCC1CCN(c2snc(N)c2-c2csc(C)n2)C1. The van der Waals surface area contributed by atoms with Crippen LogP contribution in [0, 0.1) is 12.8 Å². The van der Waals surface area contributed by atoms with Gasteiger partial charge in [0.2, 0.25) is 0 Å². The van der Waals surface area contributed by atoms with Gasteiger partial charge in [-0.05, 0) is 37.2 Å². The van der Waals surface area contributed by atoms with Gasteiger partial charge >= 0.3 is 0 Å². The molecule has 1 atom stereocenters. The van der Waals surface area contributed by atoms with Crippen LogP contribution in [0.25, 0.3) is 11.3 Å². The zero-order valence-corrected chi connectivity index (χ0v) is 13.6. The van der Waals surface area contributed by atoms with Gasteiger partial charge in [-0.25, -0.2) is 4.98 Å². The van der Waals surface area contributed by atoms with Gasteiger partial charge in [-0.1, -0.05) is 13.3 Å². The smallest absolute Gasteiger partial charge is 0.148 e. The molecule has 1 aliphatic rings. The van der Waals surface area contributed by atoms with Crippen LogP contribution in [0.4, 0.5) is 10.8 Å². The summed E-state index contributed by atoms with van der Waals surface area (Å²) >= 11 is 3.18. The Morgan fingerprint density at radius 1 is 1.50 bits per heavy atom. The third-order valence-electron chi connectivity index (χ3n) is 3.85. The first kappa shape index (κ1) is 13.8. The number of nitrogens with two attached hydrogens (primary N) is 1. The number of thiazole rings is 1. The fraction of sp³-hybridized carbons (Fsp3) is 0.571. The molecule has 3 rings (SSSR count). The Kier molecular flexibility index (Phi) is 3.94. The van der Waals surface area contributed by atoms with Crippen molar-refractivity contribution in [2.24, 2.45) is 5.92 Å². The molecule has 2 aromatic rings. The number of hydrogen-bond donors (Lipinski definition) is 1. The first-order valence-corrected chi connectivity index (χ1v) is 8.77. The molecule has 1 aliphatic heterocycles. The van der Waals surface area contributed by atoms with E-state index in [1.165, 1.54) is 35.8 Å². The standard InChI is InChI=1S/C14H20N4S2/c1-3-4-10-5-6-18(7-10)14-12(13(15)17-20-14)11-8-19-9(2)16-11/h8,10H,3-7H2,1-2H3,(H2,15,17). The molecule has 6 heteroatoms. The molecule has 0 bridgehead atoms. The van der Waals surface area contributed by atoms with Crippen molar-refractivity contribution in [1.29, 1.82) is 0 Å². The molecular weight excluding hydrogens is 288 g/mol. The van der Waals surface area contributed by atoms with Gasteiger partial charge in [0, 0.05) is 18.5 Å². The Morgan fingerprint density at radius 2 is 2.35 bits per heavy atom. The number of aromatic nitrogens is 2. The largest absolute Gasteiger partial charge is 0.382 e. The lowest BCUT2D eigenvalue weighted by atomic mass is 10.0. The maximum atomic E-state index is 6.08. The first-order valence-electron chi connectivity index (χ1n) is 7.11. The molecule has 0 amide bonds. The maximum absolute atomic E-state index is 6.08. The highest BCUT2D eigenvalue weighted by atomic mass is 32.1. The van der Waals surface area contributed by atoms with E-state index in [0.717, 1.165) is 35.3 Å². The van der Waals surface area contributed by atoms with Gasteiger partial charge in [0.1, 0.15) is 10.8 Å². The minimum atomic E-state index is 0.620. The average molecular weight is 308 g/mol. The van der Waals surface area contributed by atoms with E-state index in [-0.39, 0.29) is 0 Å². The van der Waals surface area contributed by atoms with Crippen molar-refractivity contribution in [1.82, 2.24) is 9.36 Å². The minimum absolute atomic E-state index is 0.620. The minimum Gasteiger partial charge on any atom is -0.382 e. The lowest BCUT2D eigenvalue weighted by molar-refractivity contribution is 0.530. The van der Waals surface area contributed by atoms with Gasteiger partial charge < -0.3 is 10.6 Å². The number of aryl methyl sites for hydroxylation is 1. The Balaban J connectivity index is 1.88. The lowest BCUT2D eigenvalue weighted by Crippen LogP contribution is -2.19. The molecule has 0 spiro atoms. The molecule has 0 aliphatic carbocycles. The molecule has 1 saturated heterocycles. The van der Waals surface area contributed by atoms with Crippen molar-refractivity contribution in [2.45, 2.75) is 33.1 Å². The van der Waals surface area contributed by atoms with Gasteiger partial charge in [-0.15, -0.1) is 11.3 Å². The molecule has 20 heavy (non-hydrogen) atoms. The third kappa shape index (κ3) is 2.54. The summed E-state index contributed by atoms with van der Waals surface area (Å²) in [4.78, 5) is 7.02. The molecule has 2 aromatic heterocycles. The second kappa shape index (κ2) is 5.69. The summed E-state index contributed by atoms with van der Waals surface area (Å²) in [5.74, 6) is 1.43. The number of rotatable bonds is 4. The molecule has 108 valence electrons. The quantitative estimate of drug-likeness (QED) is 0.934. The van der Waals surface area contributed by atoms with E-state index in [2.05, 4.69) is 26.6 Å². The van der Waals surface area contributed by atoms with Crippen molar-refractivity contribution in [2.75, 3.05) is 23.7 Å². The topological polar surface area (TPSA) is 55.0 Å². The second-order valence-electron chi connectivity index (χ2n) is 5.39. The molecule has 0 aromatic carbocycles. The molecule has 0 radical (unpaired) electrons. The monoisotopic (exact) mass is 308 g/mol. The fourth-order valence-corrected chi connectivity index (χ4v) is 4.35. The van der Waals surface area contributed by atoms with Crippen LogP contribution < -0.4 is 10.6 Å². The Labute approximate surface area is 127 Å². The normalized spacial score (nSPS) is 18.9. The molecule has 2 N–H and O–H groups in total. The van der Waals surface area contributed by atoms with E-state index in [1.807, 2.05) is 6.92 Å². The van der Waals surface area contributed by atoms with Gasteiger partial charge in [0.25, 0.3) is 0 Å². The highest BCUT2D eigenvalue weighted by Gasteiger charge is 2.27. The third-order valence-corrected chi connectivity index (χ3v) is 5.54. The Morgan fingerprint density at radius 3 is 3.05 bits per heavy atom. The van der Waals surface area contributed by atoms with Gasteiger partial charge in [0.15, 0.2) is 0 Å². The van der Waals surface area contributed by atoms with Crippen molar-refractivity contribution < 1.29 is 0 Å². The van der Waals surface area contributed by atoms with Crippen LogP contribution in [0.2, 0.25) is 0 Å². The van der Waals surface area contributed by atoms with E-state index in [4.69, 9.17) is 5.73 Å². The van der Waals surface area contributed by atoms with E-state index < -0.39 is 0 Å². The van der Waals surface area contributed by atoms with E-state index in [0.29, 0.717) is 5.82 Å². The second-order valence-corrected chi connectivity index (χ2v) is 7.20. The van der Waals surface area contributed by atoms with E-state index >= 15 is 0 Å². The molecule has 3 heterocycles. The highest BCUT2D eigenvalue weighted by molar-refractivity contribution is 7.11. The van der Waals surface area contributed by atoms with Crippen molar-refractivity contribution in [3.63, 3.8) is 0 Å². The van der Waals surface area contributed by atoms with Crippen LogP contribution in [-0.4, -0.2) is 22.4 Å². The van der Waals surface area contributed by atoms with Crippen LogP contribution in [0.3, 0.4) is 0 Å². The van der Waals surface area contributed by atoms with Crippen LogP contribution in [0.1, 0.15) is 31.2 Å². The number of hydrogen-bond acceptors (Lipinski definition) is 6. The van der Waals surface area contributed by atoms with Crippen LogP contribution in [0.15, 0.2) is 5.38 Å². The number of nitrogen functional groups attached to an aromatic ring is 1. The van der Waals surface area contributed by atoms with Crippen molar-refractivity contribution in [3.8, 4) is 11.3 Å². The van der Waals surface area contributed by atoms with Crippen LogP contribution >= 0.6 is 22.9 Å². The maximum Gasteiger partial charge on any atom is 0.148 e. The molecule has 1 unspecified atom stereocenters. The fourth-order valence-electron chi connectivity index (χ4n) is 2.89. The van der Waals surface area contributed by atoms with Crippen molar-refractivity contribution >= 4 is 33.7 Å². The summed E-state index contributed by atoms with van der Waals surface area (Å²) in [5, 5.41) is 4.35. The van der Waals surface area contributed by atoms with Gasteiger partial charge in [-0.3, -0.25) is 0 Å². The lowest BCUT2D eigenvalue weighted by Gasteiger charge is -2.17. The van der Waals surface area contributed by atoms with Gasteiger partial charge in [-0.2, -0.15) is 4.37 Å². The zero-order chi connectivity index (χ0) is 14.1. The first-order chi connectivity index (χ1) is 9.69. The summed E-state index contributed by atoms with van der Waals surface area (Å²) < 4.78 is 4.36. The van der Waals surface area contributed by atoms with E-state index in [1.54, 1.807) is 11.3 Å². The summed E-state index contributed by atoms with van der Waals surface area (Å²) in [6.45, 7) is 6.53. The molecule has 1 fully saturated rings. The van der Waals surface area contributed by atoms with E-state index in [9.17, 15) is 0 Å².